The van der Waals surface area contributed by atoms with Crippen molar-refractivity contribution in [2.45, 2.75) is 32.1 Å². The lowest BCUT2D eigenvalue weighted by molar-refractivity contribution is 0.248. The number of hydrogen-bond donors (Lipinski definition) is 4. The number of fused-ring (bicyclic) bond motifs is 2. The average Bonchev–Trinajstić information content (AvgIpc) is 2.36. The Morgan fingerprint density at radius 3 is 1.74 bits per heavy atom. The first-order valence-electron chi connectivity index (χ1n) is 6.30. The molecule has 0 aromatic heterocycles. The van der Waals surface area contributed by atoms with Crippen LogP contribution in [0, 0.1) is 11.8 Å². The van der Waals surface area contributed by atoms with Crippen LogP contribution in [-0.4, -0.2) is 23.5 Å². The van der Waals surface area contributed by atoms with Crippen LogP contribution >= 0.6 is 0 Å². The van der Waals surface area contributed by atoms with E-state index in [2.05, 4.69) is 21.1 Å². The molecule has 4 amide bonds. The number of nitrogens with one attached hydrogen (secondary N) is 2. The fourth-order valence-electron chi connectivity index (χ4n) is 2.79. The summed E-state index contributed by atoms with van der Waals surface area (Å²) in [6.45, 7) is 0. The highest BCUT2D eigenvalue weighted by Crippen LogP contribution is 2.36. The third-order valence-corrected chi connectivity index (χ3v) is 3.63. The highest BCUT2D eigenvalue weighted by atomic mass is 16.2. The molecule has 19 heavy (non-hydrogen) atoms. The number of hydrazone groups is 2. The molecule has 0 aromatic carbocycles. The molecular formula is C11H18N6O2. The van der Waals surface area contributed by atoms with E-state index in [0.29, 0.717) is 11.8 Å². The lowest BCUT2D eigenvalue weighted by Crippen LogP contribution is -2.38. The fourth-order valence-corrected chi connectivity index (χ4v) is 2.79. The van der Waals surface area contributed by atoms with Crippen molar-refractivity contribution in [2.75, 3.05) is 0 Å². The quantitative estimate of drug-likeness (QED) is 0.533. The summed E-state index contributed by atoms with van der Waals surface area (Å²) in [5.74, 6) is 0.719. The van der Waals surface area contributed by atoms with Crippen molar-refractivity contribution in [1.82, 2.24) is 10.9 Å². The maximum Gasteiger partial charge on any atom is 0.332 e. The molecule has 2 bridgehead atoms. The minimum Gasteiger partial charge on any atom is -0.350 e. The molecule has 8 nitrogen and oxygen atoms in total. The van der Waals surface area contributed by atoms with Crippen LogP contribution in [0.5, 0.6) is 0 Å². The van der Waals surface area contributed by atoms with Gasteiger partial charge in [-0.15, -0.1) is 0 Å². The molecule has 2 saturated carbocycles. The number of urea groups is 2. The zero-order valence-corrected chi connectivity index (χ0v) is 10.6. The topological polar surface area (TPSA) is 135 Å². The van der Waals surface area contributed by atoms with Gasteiger partial charge in [0.1, 0.15) is 0 Å². The van der Waals surface area contributed by atoms with E-state index < -0.39 is 12.1 Å². The summed E-state index contributed by atoms with van der Waals surface area (Å²) in [4.78, 5) is 21.3. The molecule has 2 atom stereocenters. The van der Waals surface area contributed by atoms with Crippen LogP contribution in [0.15, 0.2) is 10.2 Å². The number of hydrogen-bond acceptors (Lipinski definition) is 4. The molecule has 0 unspecified atom stereocenters. The van der Waals surface area contributed by atoms with Gasteiger partial charge in [0.2, 0.25) is 0 Å². The van der Waals surface area contributed by atoms with Crippen LogP contribution in [-0.2, 0) is 0 Å². The standard InChI is InChI=1S/C11H18N6O2/c12-10(18)16-14-8-3-1-6-5-7(8)2-4-9(6)15-17-11(13)19/h6-7H,1-5H2,(H3,12,16,18)(H3,13,17,19)/b14-8-,15-9+/t6-,7-/m0/s1. The summed E-state index contributed by atoms with van der Waals surface area (Å²) in [5, 5.41) is 8.13. The van der Waals surface area contributed by atoms with Crippen LogP contribution in [0.25, 0.3) is 0 Å². The van der Waals surface area contributed by atoms with E-state index in [0.717, 1.165) is 43.5 Å². The molecule has 0 spiro atoms. The van der Waals surface area contributed by atoms with Crippen molar-refractivity contribution in [3.05, 3.63) is 0 Å². The van der Waals surface area contributed by atoms with E-state index in [1.165, 1.54) is 0 Å². The van der Waals surface area contributed by atoms with E-state index in [1.54, 1.807) is 0 Å². The second-order valence-electron chi connectivity index (χ2n) is 4.87. The van der Waals surface area contributed by atoms with Crippen molar-refractivity contribution < 1.29 is 9.59 Å². The van der Waals surface area contributed by atoms with E-state index in [1.807, 2.05) is 0 Å². The van der Waals surface area contributed by atoms with Crippen LogP contribution in [0.2, 0.25) is 0 Å². The molecule has 0 radical (unpaired) electrons. The number of nitrogens with two attached hydrogens (primary N) is 2. The number of primary amides is 2. The van der Waals surface area contributed by atoms with Gasteiger partial charge in [-0.2, -0.15) is 10.2 Å². The maximum atomic E-state index is 10.6. The molecule has 2 aliphatic carbocycles. The molecule has 0 heterocycles. The summed E-state index contributed by atoms with van der Waals surface area (Å²) in [5.41, 5.74) is 16.6. The van der Waals surface area contributed by atoms with Crippen LogP contribution < -0.4 is 22.3 Å². The molecule has 6 N–H and O–H groups in total. The summed E-state index contributed by atoms with van der Waals surface area (Å²) in [6.07, 6.45) is 4.39. The van der Waals surface area contributed by atoms with Gasteiger partial charge in [-0.25, -0.2) is 20.4 Å². The molecule has 2 aliphatic rings. The van der Waals surface area contributed by atoms with Gasteiger partial charge in [0.25, 0.3) is 0 Å². The molecule has 2 rings (SSSR count). The van der Waals surface area contributed by atoms with Gasteiger partial charge < -0.3 is 11.5 Å². The number of amides is 4. The Balaban J connectivity index is 1.98. The van der Waals surface area contributed by atoms with Crippen LogP contribution in [0.4, 0.5) is 9.59 Å². The third kappa shape index (κ3) is 3.43. The minimum absolute atomic E-state index is 0.359. The summed E-state index contributed by atoms with van der Waals surface area (Å²) in [6, 6.07) is -1.28. The SMILES string of the molecule is NC(=O)N/N=C1/CC[C@H]2C[C@@H]1CC/C2=N\NC(N)=O. The van der Waals surface area contributed by atoms with Crippen molar-refractivity contribution >= 4 is 23.5 Å². The largest absolute Gasteiger partial charge is 0.350 e. The van der Waals surface area contributed by atoms with Gasteiger partial charge in [0.15, 0.2) is 0 Å². The van der Waals surface area contributed by atoms with E-state index >= 15 is 0 Å². The Morgan fingerprint density at radius 2 is 1.37 bits per heavy atom. The van der Waals surface area contributed by atoms with Gasteiger partial charge in [-0.1, -0.05) is 0 Å². The van der Waals surface area contributed by atoms with E-state index in [-0.39, 0.29) is 0 Å². The van der Waals surface area contributed by atoms with Gasteiger partial charge in [-0.05, 0) is 32.1 Å². The molecular weight excluding hydrogens is 248 g/mol. The third-order valence-electron chi connectivity index (χ3n) is 3.63. The van der Waals surface area contributed by atoms with Crippen molar-refractivity contribution in [1.29, 1.82) is 0 Å². The van der Waals surface area contributed by atoms with Crippen molar-refractivity contribution in [3.63, 3.8) is 0 Å². The number of carbonyl (C=O) groups excluding carboxylic acids is 2. The molecule has 0 aliphatic heterocycles. The molecule has 104 valence electrons. The fraction of sp³-hybridized carbons (Fsp3) is 0.636. The first-order chi connectivity index (χ1) is 9.06. The molecule has 2 fully saturated rings. The Labute approximate surface area is 110 Å². The van der Waals surface area contributed by atoms with Gasteiger partial charge >= 0.3 is 12.1 Å². The zero-order valence-electron chi connectivity index (χ0n) is 10.6. The molecule has 0 aromatic rings. The predicted octanol–water partition coefficient (Wildman–Crippen LogP) is 0.245. The van der Waals surface area contributed by atoms with Crippen LogP contribution in [0.1, 0.15) is 32.1 Å². The molecule has 0 saturated heterocycles. The lowest BCUT2D eigenvalue weighted by atomic mass is 9.70. The number of carbonyl (C=O) groups is 2. The van der Waals surface area contributed by atoms with Crippen molar-refractivity contribution in [2.24, 2.45) is 33.5 Å². The first kappa shape index (κ1) is 13.3. The minimum atomic E-state index is -0.640. The second kappa shape index (κ2) is 5.68. The Bertz CT molecular complexity index is 404. The monoisotopic (exact) mass is 266 g/mol. The van der Waals surface area contributed by atoms with E-state index in [9.17, 15) is 9.59 Å². The Kier molecular flexibility index (Phi) is 3.98. The van der Waals surface area contributed by atoms with Gasteiger partial charge in [-0.3, -0.25) is 0 Å². The maximum absolute atomic E-state index is 10.6. The van der Waals surface area contributed by atoms with E-state index in [4.69, 9.17) is 11.5 Å². The highest BCUT2D eigenvalue weighted by molar-refractivity contribution is 5.95. The smallest absolute Gasteiger partial charge is 0.332 e. The predicted molar refractivity (Wildman–Crippen MR) is 70.4 cm³/mol. The zero-order chi connectivity index (χ0) is 13.8. The Morgan fingerprint density at radius 1 is 0.947 bits per heavy atom. The molecule has 8 heteroatoms. The Hall–Kier alpha value is -2.12. The highest BCUT2D eigenvalue weighted by Gasteiger charge is 2.34. The normalized spacial score (nSPS) is 30.1. The summed E-state index contributed by atoms with van der Waals surface area (Å²) >= 11 is 0. The second-order valence-corrected chi connectivity index (χ2v) is 4.87. The van der Waals surface area contributed by atoms with Gasteiger partial charge in [0, 0.05) is 23.3 Å². The number of rotatable bonds is 2. The summed E-state index contributed by atoms with van der Waals surface area (Å²) < 4.78 is 0. The van der Waals surface area contributed by atoms with Crippen LogP contribution in [0.3, 0.4) is 0 Å². The average molecular weight is 266 g/mol. The summed E-state index contributed by atoms with van der Waals surface area (Å²) in [7, 11) is 0. The van der Waals surface area contributed by atoms with Gasteiger partial charge in [0.05, 0.1) is 0 Å². The van der Waals surface area contributed by atoms with Crippen molar-refractivity contribution in [3.8, 4) is 0 Å². The first-order valence-corrected chi connectivity index (χ1v) is 6.30. The number of nitrogens with zero attached hydrogens (tertiary/aromatic N) is 2. The lowest BCUT2D eigenvalue weighted by Gasteiger charge is -2.36.